The van der Waals surface area contributed by atoms with E-state index in [-0.39, 0.29) is 18.9 Å². The van der Waals surface area contributed by atoms with Crippen molar-refractivity contribution in [3.63, 3.8) is 0 Å². The maximum absolute atomic E-state index is 13.5. The Morgan fingerprint density at radius 1 is 0.359 bits per heavy atom. The lowest BCUT2D eigenvalue weighted by molar-refractivity contribution is -0.379. The highest BCUT2D eigenvalue weighted by molar-refractivity contribution is 5.76. The number of rotatable bonds is 65. The minimum Gasteiger partial charge on any atom is -0.394 e. The normalized spacial score (nSPS) is 26.5. The molecule has 3 heterocycles. The summed E-state index contributed by atoms with van der Waals surface area (Å²) in [6.07, 6.45) is 58.6. The minimum atomic E-state index is -1.98. The zero-order valence-corrected chi connectivity index (χ0v) is 64.0. The fourth-order valence-corrected chi connectivity index (χ4v) is 13.6. The van der Waals surface area contributed by atoms with E-state index in [1.54, 1.807) is 6.08 Å². The molecule has 0 radical (unpaired) electrons. The first-order valence-corrected chi connectivity index (χ1v) is 41.3. The molecule has 0 aliphatic carbocycles. The van der Waals surface area contributed by atoms with Gasteiger partial charge >= 0.3 is 0 Å². The minimum absolute atomic E-state index is 0.232. The Labute approximate surface area is 622 Å². The first-order valence-electron chi connectivity index (χ1n) is 41.3. The van der Waals surface area contributed by atoms with E-state index < -0.39 is 124 Å². The van der Waals surface area contributed by atoms with Crippen molar-refractivity contribution in [3.8, 4) is 0 Å². The number of carbonyl (C=O) groups is 1. The van der Waals surface area contributed by atoms with Crippen LogP contribution in [0.5, 0.6) is 0 Å². The molecule has 0 spiro atoms. The third-order valence-corrected chi connectivity index (χ3v) is 20.2. The van der Waals surface area contributed by atoms with Crippen LogP contribution in [0.3, 0.4) is 0 Å². The number of ether oxygens (including phenoxy) is 6. The summed E-state index contributed by atoms with van der Waals surface area (Å²) < 4.78 is 34.5. The van der Waals surface area contributed by atoms with E-state index in [1.165, 1.54) is 205 Å². The van der Waals surface area contributed by atoms with Crippen molar-refractivity contribution < 1.29 is 89.4 Å². The Bertz CT molecular complexity index is 2190. The van der Waals surface area contributed by atoms with Gasteiger partial charge in [0.05, 0.1) is 38.6 Å². The number of aliphatic hydroxyl groups is 11. The number of unbranched alkanes of at least 4 members (excludes halogenated alkanes) is 37. The molecule has 0 bridgehead atoms. The molecule has 12 N–H and O–H groups in total. The third kappa shape index (κ3) is 43.7. The van der Waals surface area contributed by atoms with Gasteiger partial charge in [0.2, 0.25) is 5.91 Å². The van der Waals surface area contributed by atoms with Gasteiger partial charge in [0.1, 0.15) is 73.2 Å². The van der Waals surface area contributed by atoms with Crippen molar-refractivity contribution in [1.29, 1.82) is 0 Å². The smallest absolute Gasteiger partial charge is 0.220 e. The summed E-state index contributed by atoms with van der Waals surface area (Å²) in [6.45, 7) is 1.64. The van der Waals surface area contributed by atoms with Crippen molar-refractivity contribution in [1.82, 2.24) is 5.32 Å². The van der Waals surface area contributed by atoms with Crippen LogP contribution < -0.4 is 5.32 Å². The topological polar surface area (TPSA) is 307 Å². The van der Waals surface area contributed by atoms with Crippen molar-refractivity contribution >= 4 is 5.91 Å². The van der Waals surface area contributed by atoms with Crippen LogP contribution in [-0.2, 0) is 33.2 Å². The predicted octanol–water partition coefficient (Wildman–Crippen LogP) is 14.2. The molecule has 0 saturated carbocycles. The SMILES string of the molecule is CC/C=C\C/C=C\C/C=C\C/C=C\C/C=C\CCCCCCCCCCCCCCCCCC(=O)NC(COC1OC(CO)C(OC2OC(CO)C(OC3OC(CO)C(O)C(O)C3O)C(O)C2O)C(O)C1O)C(O)/C=C/CC/C=C/CCCCCCCCCCCCCCCCCCCCCCC. The molecule has 0 aromatic rings. The van der Waals surface area contributed by atoms with E-state index >= 15 is 0 Å². The highest BCUT2D eigenvalue weighted by Gasteiger charge is 2.54. The Morgan fingerprint density at radius 3 is 1.09 bits per heavy atom. The molecule has 19 nitrogen and oxygen atoms in total. The molecular weight excluding hydrogens is 1310 g/mol. The van der Waals surface area contributed by atoms with Gasteiger partial charge in [0.25, 0.3) is 0 Å². The Hall–Kier alpha value is -3.03. The lowest BCUT2D eigenvalue weighted by atomic mass is 9.96. The van der Waals surface area contributed by atoms with E-state index in [2.05, 4.69) is 92.1 Å². The van der Waals surface area contributed by atoms with Crippen molar-refractivity contribution in [2.75, 3.05) is 26.4 Å². The highest BCUT2D eigenvalue weighted by atomic mass is 16.8. The number of amides is 1. The summed E-state index contributed by atoms with van der Waals surface area (Å²) in [5.74, 6) is -0.285. The van der Waals surface area contributed by atoms with Gasteiger partial charge in [0.15, 0.2) is 18.9 Å². The van der Waals surface area contributed by atoms with E-state index in [9.17, 15) is 61.0 Å². The molecule has 17 unspecified atom stereocenters. The molecule has 3 aliphatic rings. The van der Waals surface area contributed by atoms with Crippen LogP contribution in [0.1, 0.15) is 309 Å². The number of hydrogen-bond acceptors (Lipinski definition) is 18. The summed E-state index contributed by atoms with van der Waals surface area (Å²) in [5.41, 5.74) is 0. The lowest BCUT2D eigenvalue weighted by Crippen LogP contribution is -2.66. The number of hydrogen-bond donors (Lipinski definition) is 12. The van der Waals surface area contributed by atoms with Gasteiger partial charge in [-0.3, -0.25) is 4.79 Å². The molecule has 598 valence electrons. The summed E-state index contributed by atoms with van der Waals surface area (Å²) in [6, 6.07) is -0.996. The van der Waals surface area contributed by atoms with Crippen LogP contribution in [0.2, 0.25) is 0 Å². The number of allylic oxidation sites excluding steroid dienone is 13. The summed E-state index contributed by atoms with van der Waals surface area (Å²) in [5, 5.41) is 121. The van der Waals surface area contributed by atoms with Crippen LogP contribution >= 0.6 is 0 Å². The summed E-state index contributed by atoms with van der Waals surface area (Å²) in [7, 11) is 0. The van der Waals surface area contributed by atoms with E-state index in [4.69, 9.17) is 28.4 Å². The second-order valence-corrected chi connectivity index (χ2v) is 29.2. The molecule has 103 heavy (non-hydrogen) atoms. The average Bonchev–Trinajstić information content (AvgIpc) is 0.781. The number of carbonyl (C=O) groups excluding carboxylic acids is 1. The van der Waals surface area contributed by atoms with Gasteiger partial charge in [-0.1, -0.05) is 311 Å². The van der Waals surface area contributed by atoms with Gasteiger partial charge in [-0.05, 0) is 77.0 Å². The second kappa shape index (κ2) is 63.9. The number of nitrogens with one attached hydrogen (secondary N) is 1. The standard InChI is InChI=1S/C84H149NO18/c1-3-5-7-9-11-13-15-17-19-21-23-25-27-29-31-32-33-34-36-38-40-42-44-46-48-50-52-54-56-58-60-62-72(90)85-67(68(89)61-59-57-55-53-51-49-47-45-43-41-39-37-35-30-28-26-24-22-20-18-16-14-12-10-8-6-4-2)66-98-82-78(96)75(93)80(70(64-87)100-82)103-84-79(97)76(94)81(71(65-88)101-84)102-83-77(95)74(92)73(91)69(63-86)99-83/h5,7,11,13,17,19,23,25,29,31,51,53,59,61,67-71,73-84,86-89,91-97H,3-4,6,8-10,12,14-16,18,20-22,24,26-28,30,32-50,52,54-58,60,62-66H2,1-2H3,(H,85,90)/b7-5-,13-11-,19-17-,25-23-,31-29-,53-51+,61-59+. The van der Waals surface area contributed by atoms with Gasteiger partial charge in [-0.25, -0.2) is 0 Å². The van der Waals surface area contributed by atoms with Crippen LogP contribution in [0.25, 0.3) is 0 Å². The van der Waals surface area contributed by atoms with Gasteiger partial charge < -0.3 is 89.9 Å². The Kier molecular flexibility index (Phi) is 58.4. The first-order chi connectivity index (χ1) is 50.3. The Balaban J connectivity index is 1.38. The Morgan fingerprint density at radius 2 is 0.680 bits per heavy atom. The van der Waals surface area contributed by atoms with Crippen LogP contribution in [0, 0.1) is 0 Å². The molecule has 17 atom stereocenters. The molecule has 1 amide bonds. The summed E-state index contributed by atoms with van der Waals surface area (Å²) >= 11 is 0. The maximum Gasteiger partial charge on any atom is 0.220 e. The van der Waals surface area contributed by atoms with Crippen LogP contribution in [-0.4, -0.2) is 193 Å². The van der Waals surface area contributed by atoms with Crippen molar-refractivity contribution in [2.45, 2.75) is 413 Å². The number of aliphatic hydroxyl groups excluding tert-OH is 11. The van der Waals surface area contributed by atoms with Crippen LogP contribution in [0.4, 0.5) is 0 Å². The van der Waals surface area contributed by atoms with Gasteiger partial charge in [-0.2, -0.15) is 0 Å². The van der Waals surface area contributed by atoms with Gasteiger partial charge in [-0.15, -0.1) is 0 Å². The van der Waals surface area contributed by atoms with E-state index in [0.29, 0.717) is 12.8 Å². The maximum atomic E-state index is 13.5. The average molecular weight is 1460 g/mol. The quantitative estimate of drug-likeness (QED) is 0.0199. The lowest BCUT2D eigenvalue weighted by Gasteiger charge is -2.48. The fourth-order valence-electron chi connectivity index (χ4n) is 13.6. The largest absolute Gasteiger partial charge is 0.394 e. The molecule has 0 aromatic carbocycles. The summed E-state index contributed by atoms with van der Waals surface area (Å²) in [4.78, 5) is 13.5. The van der Waals surface area contributed by atoms with Crippen molar-refractivity contribution in [3.05, 3.63) is 85.1 Å². The molecule has 3 aliphatic heterocycles. The first kappa shape index (κ1) is 94.2. The molecular formula is C84H149NO18. The zero-order valence-electron chi connectivity index (χ0n) is 64.0. The zero-order chi connectivity index (χ0) is 74.6. The molecule has 3 rings (SSSR count). The monoisotopic (exact) mass is 1460 g/mol. The third-order valence-electron chi connectivity index (χ3n) is 20.2. The van der Waals surface area contributed by atoms with Crippen LogP contribution in [0.15, 0.2) is 85.1 Å². The van der Waals surface area contributed by atoms with Crippen molar-refractivity contribution in [2.24, 2.45) is 0 Å². The molecule has 19 heteroatoms. The fraction of sp³-hybridized carbons (Fsp3) is 0.821. The molecule has 3 saturated heterocycles. The van der Waals surface area contributed by atoms with Gasteiger partial charge in [0, 0.05) is 6.42 Å². The second-order valence-electron chi connectivity index (χ2n) is 29.2. The van der Waals surface area contributed by atoms with E-state index in [1.807, 2.05) is 6.08 Å². The molecule has 3 fully saturated rings. The predicted molar refractivity (Wildman–Crippen MR) is 411 cm³/mol. The van der Waals surface area contributed by atoms with E-state index in [0.717, 1.165) is 70.6 Å². The molecule has 0 aromatic heterocycles. The highest BCUT2D eigenvalue weighted by Crippen LogP contribution is 2.33.